The van der Waals surface area contributed by atoms with Crippen molar-refractivity contribution in [3.8, 4) is 0 Å². The van der Waals surface area contributed by atoms with Crippen molar-refractivity contribution < 1.29 is 4.79 Å². The highest BCUT2D eigenvalue weighted by Gasteiger charge is 2.34. The van der Waals surface area contributed by atoms with Gasteiger partial charge in [-0.05, 0) is 58.3 Å². The Kier molecular flexibility index (Phi) is 5.25. The number of aryl methyl sites for hydroxylation is 1. The van der Waals surface area contributed by atoms with Crippen LogP contribution in [0.4, 0.5) is 0 Å². The molecule has 6 heteroatoms. The Balaban J connectivity index is 1.63. The monoisotopic (exact) mass is 333 g/mol. The summed E-state index contributed by atoms with van der Waals surface area (Å²) >= 11 is 0. The summed E-state index contributed by atoms with van der Waals surface area (Å²) in [5, 5.41) is 4.35. The summed E-state index contributed by atoms with van der Waals surface area (Å²) in [6, 6.07) is 3.00. The van der Waals surface area contributed by atoms with Crippen molar-refractivity contribution >= 4 is 5.91 Å². The number of piperidine rings is 1. The van der Waals surface area contributed by atoms with Gasteiger partial charge in [0, 0.05) is 32.9 Å². The van der Waals surface area contributed by atoms with Gasteiger partial charge in [0.25, 0.3) is 0 Å². The number of rotatable bonds is 6. The summed E-state index contributed by atoms with van der Waals surface area (Å²) in [5.41, 5.74) is 1.28. The van der Waals surface area contributed by atoms with Crippen LogP contribution in [0.1, 0.15) is 37.4 Å². The van der Waals surface area contributed by atoms with E-state index in [0.717, 1.165) is 13.1 Å². The highest BCUT2D eigenvalue weighted by molar-refractivity contribution is 5.78. The minimum atomic E-state index is 0.251. The molecule has 1 aliphatic carbocycles. The summed E-state index contributed by atoms with van der Waals surface area (Å²) in [6.45, 7) is 2.59. The van der Waals surface area contributed by atoms with Crippen LogP contribution in [0.3, 0.4) is 0 Å². The predicted octanol–water partition coefficient (Wildman–Crippen LogP) is 1.36. The summed E-state index contributed by atoms with van der Waals surface area (Å²) in [7, 11) is 8.25. The van der Waals surface area contributed by atoms with Crippen molar-refractivity contribution in [2.75, 3.05) is 40.8 Å². The molecule has 0 radical (unpaired) electrons. The number of hydrogen-bond acceptors (Lipinski definition) is 4. The SMILES string of the molecule is CN(CC(=O)N(C)C1CC1)C[C@@H]1CCCN(C)[C@H]1c1ccnn1C. The second kappa shape index (κ2) is 7.23. The minimum absolute atomic E-state index is 0.251. The van der Waals surface area contributed by atoms with E-state index in [0.29, 0.717) is 24.5 Å². The average molecular weight is 333 g/mol. The molecule has 1 saturated heterocycles. The van der Waals surface area contributed by atoms with Gasteiger partial charge in [-0.2, -0.15) is 5.10 Å². The van der Waals surface area contributed by atoms with Crippen molar-refractivity contribution in [1.29, 1.82) is 0 Å². The van der Waals surface area contributed by atoms with Gasteiger partial charge in [-0.25, -0.2) is 0 Å². The molecule has 0 bridgehead atoms. The Labute approximate surface area is 145 Å². The number of carbonyl (C=O) groups excluding carboxylic acids is 1. The third-order valence-corrected chi connectivity index (χ3v) is 5.61. The van der Waals surface area contributed by atoms with Crippen molar-refractivity contribution in [2.24, 2.45) is 13.0 Å². The molecular formula is C18H31N5O. The summed E-state index contributed by atoms with van der Waals surface area (Å²) in [5.74, 6) is 0.782. The molecule has 2 fully saturated rings. The zero-order valence-corrected chi connectivity index (χ0v) is 15.5. The lowest BCUT2D eigenvalue weighted by molar-refractivity contribution is -0.131. The van der Waals surface area contributed by atoms with Crippen molar-refractivity contribution in [3.63, 3.8) is 0 Å². The summed E-state index contributed by atoms with van der Waals surface area (Å²) in [4.78, 5) is 18.9. The topological polar surface area (TPSA) is 44.6 Å². The van der Waals surface area contributed by atoms with Gasteiger partial charge >= 0.3 is 0 Å². The molecule has 2 heterocycles. The lowest BCUT2D eigenvalue weighted by Gasteiger charge is -2.40. The molecule has 1 aliphatic heterocycles. The standard InChI is InChI=1S/C18H31N5O/c1-20(13-17(24)22(3)15-7-8-15)12-14-6-5-11-21(2)18(14)16-9-10-19-23(16)4/h9-10,14-15,18H,5-8,11-13H2,1-4H3/t14-,18+/m0/s1. The maximum absolute atomic E-state index is 12.4. The van der Waals surface area contributed by atoms with Gasteiger partial charge in [-0.1, -0.05) is 0 Å². The van der Waals surface area contributed by atoms with Crippen LogP contribution in [0.15, 0.2) is 12.3 Å². The number of amides is 1. The Morgan fingerprint density at radius 3 is 2.67 bits per heavy atom. The van der Waals surface area contributed by atoms with Gasteiger partial charge in [0.15, 0.2) is 0 Å². The first-order valence-corrected chi connectivity index (χ1v) is 9.09. The van der Waals surface area contributed by atoms with Crippen LogP contribution in [0, 0.1) is 5.92 Å². The molecule has 134 valence electrons. The van der Waals surface area contributed by atoms with E-state index >= 15 is 0 Å². The van der Waals surface area contributed by atoms with Gasteiger partial charge in [-0.3, -0.25) is 19.3 Å². The highest BCUT2D eigenvalue weighted by Crippen LogP contribution is 2.35. The molecule has 0 unspecified atom stereocenters. The van der Waals surface area contributed by atoms with Crippen LogP contribution in [0.5, 0.6) is 0 Å². The number of likely N-dealkylation sites (N-methyl/N-ethyl adjacent to an activating group) is 2. The Morgan fingerprint density at radius 1 is 1.29 bits per heavy atom. The maximum atomic E-state index is 12.4. The van der Waals surface area contributed by atoms with E-state index in [4.69, 9.17) is 0 Å². The smallest absolute Gasteiger partial charge is 0.236 e. The third-order valence-electron chi connectivity index (χ3n) is 5.61. The first-order valence-electron chi connectivity index (χ1n) is 9.09. The van der Waals surface area contributed by atoms with E-state index in [1.165, 1.54) is 31.4 Å². The molecule has 0 N–H and O–H groups in total. The first kappa shape index (κ1) is 17.4. The molecule has 0 aromatic carbocycles. The number of carbonyl (C=O) groups is 1. The van der Waals surface area contributed by atoms with E-state index < -0.39 is 0 Å². The largest absolute Gasteiger partial charge is 0.342 e. The van der Waals surface area contributed by atoms with Gasteiger partial charge in [0.05, 0.1) is 18.3 Å². The van der Waals surface area contributed by atoms with Crippen molar-refractivity contribution in [3.05, 3.63) is 18.0 Å². The van der Waals surface area contributed by atoms with Gasteiger partial charge in [0.1, 0.15) is 0 Å². The molecule has 24 heavy (non-hydrogen) atoms. The molecule has 1 aromatic rings. The van der Waals surface area contributed by atoms with E-state index in [-0.39, 0.29) is 5.91 Å². The fraction of sp³-hybridized carbons (Fsp3) is 0.778. The lowest BCUT2D eigenvalue weighted by Crippen LogP contribution is -2.44. The minimum Gasteiger partial charge on any atom is -0.342 e. The normalized spacial score (nSPS) is 25.2. The van der Waals surface area contributed by atoms with Crippen molar-refractivity contribution in [2.45, 2.75) is 37.8 Å². The second-order valence-electron chi connectivity index (χ2n) is 7.64. The van der Waals surface area contributed by atoms with E-state index in [9.17, 15) is 4.79 Å². The molecule has 2 aliphatic rings. The second-order valence-corrected chi connectivity index (χ2v) is 7.64. The van der Waals surface area contributed by atoms with Crippen LogP contribution in [0.25, 0.3) is 0 Å². The fourth-order valence-electron chi connectivity index (χ4n) is 4.07. The zero-order valence-electron chi connectivity index (χ0n) is 15.5. The Morgan fingerprint density at radius 2 is 2.04 bits per heavy atom. The molecule has 0 spiro atoms. The molecule has 1 amide bonds. The van der Waals surface area contributed by atoms with Gasteiger partial charge in [-0.15, -0.1) is 0 Å². The van der Waals surface area contributed by atoms with Crippen molar-refractivity contribution in [1.82, 2.24) is 24.5 Å². The molecule has 6 nitrogen and oxygen atoms in total. The zero-order chi connectivity index (χ0) is 17.3. The first-order chi connectivity index (χ1) is 11.5. The fourth-order valence-corrected chi connectivity index (χ4v) is 4.07. The van der Waals surface area contributed by atoms with Crippen LogP contribution in [-0.4, -0.2) is 77.2 Å². The molecular weight excluding hydrogens is 302 g/mol. The number of hydrogen-bond donors (Lipinski definition) is 0. The Hall–Kier alpha value is -1.40. The number of nitrogens with zero attached hydrogens (tertiary/aromatic N) is 5. The maximum Gasteiger partial charge on any atom is 0.236 e. The Bertz CT molecular complexity index is 568. The van der Waals surface area contributed by atoms with Crippen LogP contribution < -0.4 is 0 Å². The predicted molar refractivity (Wildman–Crippen MR) is 94.6 cm³/mol. The quantitative estimate of drug-likeness (QED) is 0.788. The van der Waals surface area contributed by atoms with Gasteiger partial charge < -0.3 is 4.90 Å². The average Bonchev–Trinajstić information content (AvgIpc) is 3.29. The molecule has 2 atom stereocenters. The molecule has 3 rings (SSSR count). The van der Waals surface area contributed by atoms with E-state index in [1.807, 2.05) is 29.9 Å². The van der Waals surface area contributed by atoms with E-state index in [1.54, 1.807) is 0 Å². The van der Waals surface area contributed by atoms with Crippen LogP contribution in [-0.2, 0) is 11.8 Å². The lowest BCUT2D eigenvalue weighted by atomic mass is 9.87. The van der Waals surface area contributed by atoms with E-state index in [2.05, 4.69) is 35.1 Å². The highest BCUT2D eigenvalue weighted by atomic mass is 16.2. The third kappa shape index (κ3) is 3.81. The molecule has 1 aromatic heterocycles. The molecule has 1 saturated carbocycles. The van der Waals surface area contributed by atoms with Crippen LogP contribution in [0.2, 0.25) is 0 Å². The summed E-state index contributed by atoms with van der Waals surface area (Å²) < 4.78 is 1.99. The van der Waals surface area contributed by atoms with Crippen LogP contribution >= 0.6 is 0 Å². The number of aromatic nitrogens is 2. The van der Waals surface area contributed by atoms with Gasteiger partial charge in [0.2, 0.25) is 5.91 Å². The number of likely N-dealkylation sites (tertiary alicyclic amines) is 1. The summed E-state index contributed by atoms with van der Waals surface area (Å²) in [6.07, 6.45) is 6.65.